The van der Waals surface area contributed by atoms with Crippen molar-refractivity contribution in [2.24, 2.45) is 0 Å². The van der Waals surface area contributed by atoms with Crippen LogP contribution < -0.4 is 25.6 Å². The van der Waals surface area contributed by atoms with E-state index in [1.807, 2.05) is 42.5 Å². The van der Waals surface area contributed by atoms with Gasteiger partial charge in [0.05, 0.1) is 7.11 Å². The number of hydrazine groups is 1. The zero-order valence-corrected chi connectivity index (χ0v) is 17.6. The highest BCUT2D eigenvalue weighted by Gasteiger charge is 2.06. The molecule has 0 radical (unpaired) electrons. The van der Waals surface area contributed by atoms with Crippen LogP contribution in [0.5, 0.6) is 11.5 Å². The van der Waals surface area contributed by atoms with Crippen molar-refractivity contribution in [1.29, 1.82) is 0 Å². The number of methoxy groups -OCH3 is 1. The molecular formula is C23H21N3O4S. The van der Waals surface area contributed by atoms with Crippen LogP contribution in [0.3, 0.4) is 0 Å². The number of benzene rings is 3. The molecule has 0 aliphatic rings. The predicted octanol–water partition coefficient (Wildman–Crippen LogP) is 2.96. The summed E-state index contributed by atoms with van der Waals surface area (Å²) in [5.74, 6) is 0.326. The third-order valence-electron chi connectivity index (χ3n) is 4.22. The molecule has 0 heterocycles. The lowest BCUT2D eigenvalue weighted by Gasteiger charge is -2.11. The van der Waals surface area contributed by atoms with E-state index in [0.717, 1.165) is 16.3 Å². The molecule has 0 unspecified atom stereocenters. The van der Waals surface area contributed by atoms with Gasteiger partial charge in [-0.15, -0.1) is 0 Å². The Bertz CT molecular complexity index is 1110. The van der Waals surface area contributed by atoms with Gasteiger partial charge in [-0.3, -0.25) is 25.8 Å². The van der Waals surface area contributed by atoms with Gasteiger partial charge >= 0.3 is 0 Å². The highest BCUT2D eigenvalue weighted by atomic mass is 32.1. The van der Waals surface area contributed by atoms with Gasteiger partial charge < -0.3 is 9.47 Å². The van der Waals surface area contributed by atoms with Crippen LogP contribution in [0.1, 0.15) is 5.56 Å². The third kappa shape index (κ3) is 6.55. The molecule has 8 heteroatoms. The van der Waals surface area contributed by atoms with Crippen molar-refractivity contribution in [2.45, 2.75) is 0 Å². The molecule has 31 heavy (non-hydrogen) atoms. The van der Waals surface area contributed by atoms with Crippen molar-refractivity contribution in [1.82, 2.24) is 16.2 Å². The molecule has 0 atom stereocenters. The molecule has 0 aromatic heterocycles. The molecule has 0 aliphatic carbocycles. The molecule has 3 rings (SSSR count). The maximum absolute atomic E-state index is 12.1. The first-order valence-corrected chi connectivity index (χ1v) is 9.78. The fourth-order valence-electron chi connectivity index (χ4n) is 2.73. The fraction of sp³-hybridized carbons (Fsp3) is 0.0870. The standard InChI is InChI=1S/C23H21N3O4S/c1-29-18-10-12-19(13-11-18)30-15-22(28)25-26-23(31)24-21(27)14-9-17-7-4-6-16-5-2-3-8-20(16)17/h2-14H,15H2,1H3,(H,25,28)(H2,24,26,27,31)/b14-9+. The molecule has 0 saturated carbocycles. The molecule has 3 N–H and O–H groups in total. The van der Waals surface area contributed by atoms with Crippen LogP contribution in [-0.2, 0) is 9.59 Å². The topological polar surface area (TPSA) is 88.7 Å². The van der Waals surface area contributed by atoms with Gasteiger partial charge in [0.2, 0.25) is 5.91 Å². The molecular weight excluding hydrogens is 414 g/mol. The van der Waals surface area contributed by atoms with Crippen molar-refractivity contribution in [3.05, 3.63) is 78.4 Å². The summed E-state index contributed by atoms with van der Waals surface area (Å²) >= 11 is 5.02. The molecule has 3 aromatic carbocycles. The molecule has 0 spiro atoms. The van der Waals surface area contributed by atoms with Crippen LogP contribution in [0.4, 0.5) is 0 Å². The van der Waals surface area contributed by atoms with E-state index >= 15 is 0 Å². The summed E-state index contributed by atoms with van der Waals surface area (Å²) in [6.07, 6.45) is 3.09. The van der Waals surface area contributed by atoms with Crippen LogP contribution in [0.15, 0.2) is 72.8 Å². The Balaban J connectivity index is 1.42. The molecule has 2 amide bonds. The second kappa shape index (κ2) is 10.7. The fourth-order valence-corrected chi connectivity index (χ4v) is 2.88. The Hall–Kier alpha value is -3.91. The number of hydrogen-bond donors (Lipinski definition) is 3. The van der Waals surface area contributed by atoms with Crippen LogP contribution in [0, 0.1) is 0 Å². The average Bonchev–Trinajstić information content (AvgIpc) is 2.80. The monoisotopic (exact) mass is 435 g/mol. The summed E-state index contributed by atoms with van der Waals surface area (Å²) in [7, 11) is 1.57. The quantitative estimate of drug-likeness (QED) is 0.313. The summed E-state index contributed by atoms with van der Waals surface area (Å²) in [5.41, 5.74) is 5.73. The largest absolute Gasteiger partial charge is 0.497 e. The minimum Gasteiger partial charge on any atom is -0.497 e. The van der Waals surface area contributed by atoms with E-state index in [1.165, 1.54) is 6.08 Å². The number of carbonyl (C=O) groups is 2. The molecule has 0 bridgehead atoms. The summed E-state index contributed by atoms with van der Waals surface area (Å²) < 4.78 is 10.4. The second-order valence-corrected chi connectivity index (χ2v) is 6.77. The van der Waals surface area contributed by atoms with Crippen molar-refractivity contribution in [3.8, 4) is 11.5 Å². The first-order chi connectivity index (χ1) is 15.0. The SMILES string of the molecule is COc1ccc(OCC(=O)NNC(=S)NC(=O)/C=C/c2cccc3ccccc23)cc1. The van der Waals surface area contributed by atoms with Crippen molar-refractivity contribution < 1.29 is 19.1 Å². The zero-order chi connectivity index (χ0) is 22.1. The molecule has 158 valence electrons. The van der Waals surface area contributed by atoms with E-state index in [9.17, 15) is 9.59 Å². The minimum atomic E-state index is -0.460. The number of amides is 2. The van der Waals surface area contributed by atoms with Gasteiger partial charge in [0.25, 0.3) is 5.91 Å². The third-order valence-corrected chi connectivity index (χ3v) is 4.42. The lowest BCUT2D eigenvalue weighted by molar-refractivity contribution is -0.123. The first-order valence-electron chi connectivity index (χ1n) is 9.37. The Kier molecular flexibility index (Phi) is 7.56. The molecule has 0 fully saturated rings. The molecule has 3 aromatic rings. The molecule has 0 saturated heterocycles. The average molecular weight is 436 g/mol. The van der Waals surface area contributed by atoms with E-state index < -0.39 is 11.8 Å². The molecule has 0 aliphatic heterocycles. The summed E-state index contributed by atoms with van der Waals surface area (Å²) in [6.45, 7) is -0.225. The number of hydrogen-bond acceptors (Lipinski definition) is 5. The Labute approximate surface area is 185 Å². The Morgan fingerprint density at radius 2 is 1.65 bits per heavy atom. The van der Waals surface area contributed by atoms with Crippen molar-refractivity contribution in [2.75, 3.05) is 13.7 Å². The van der Waals surface area contributed by atoms with E-state index in [2.05, 4.69) is 16.2 Å². The van der Waals surface area contributed by atoms with E-state index in [1.54, 1.807) is 37.5 Å². The van der Waals surface area contributed by atoms with Crippen LogP contribution in [0.2, 0.25) is 0 Å². The minimum absolute atomic E-state index is 0.0367. The predicted molar refractivity (Wildman–Crippen MR) is 123 cm³/mol. The summed E-state index contributed by atoms with van der Waals surface area (Å²) in [6, 6.07) is 20.6. The lowest BCUT2D eigenvalue weighted by atomic mass is 10.0. The van der Waals surface area contributed by atoms with Gasteiger partial charge in [-0.25, -0.2) is 0 Å². The van der Waals surface area contributed by atoms with Gasteiger partial charge in [-0.05, 0) is 58.9 Å². The summed E-state index contributed by atoms with van der Waals surface area (Å²) in [4.78, 5) is 24.0. The van der Waals surface area contributed by atoms with Gasteiger partial charge in [0.15, 0.2) is 11.7 Å². The highest BCUT2D eigenvalue weighted by molar-refractivity contribution is 7.80. The second-order valence-electron chi connectivity index (χ2n) is 6.36. The number of thiocarbonyl (C=S) groups is 1. The van der Waals surface area contributed by atoms with Gasteiger partial charge in [-0.1, -0.05) is 42.5 Å². The van der Waals surface area contributed by atoms with Gasteiger partial charge in [-0.2, -0.15) is 0 Å². The van der Waals surface area contributed by atoms with Crippen LogP contribution in [-0.4, -0.2) is 30.6 Å². The molecule has 7 nitrogen and oxygen atoms in total. The van der Waals surface area contributed by atoms with Gasteiger partial charge in [0.1, 0.15) is 11.5 Å². The highest BCUT2D eigenvalue weighted by Crippen LogP contribution is 2.19. The number of ether oxygens (including phenoxy) is 2. The lowest BCUT2D eigenvalue weighted by Crippen LogP contribution is -2.49. The maximum atomic E-state index is 12.1. The smallest absolute Gasteiger partial charge is 0.276 e. The van der Waals surface area contributed by atoms with Crippen molar-refractivity contribution in [3.63, 3.8) is 0 Å². The number of rotatable bonds is 6. The zero-order valence-electron chi connectivity index (χ0n) is 16.8. The van der Waals surface area contributed by atoms with Crippen LogP contribution in [0.25, 0.3) is 16.8 Å². The van der Waals surface area contributed by atoms with E-state index in [0.29, 0.717) is 11.5 Å². The number of nitrogens with one attached hydrogen (secondary N) is 3. The van der Waals surface area contributed by atoms with Crippen molar-refractivity contribution >= 4 is 46.0 Å². The normalized spacial score (nSPS) is 10.5. The van der Waals surface area contributed by atoms with Crippen LogP contribution >= 0.6 is 12.2 Å². The van der Waals surface area contributed by atoms with E-state index in [-0.39, 0.29) is 11.7 Å². The maximum Gasteiger partial charge on any atom is 0.276 e. The Morgan fingerprint density at radius 1 is 0.935 bits per heavy atom. The van der Waals surface area contributed by atoms with Gasteiger partial charge in [0, 0.05) is 6.08 Å². The number of fused-ring (bicyclic) bond motifs is 1. The number of carbonyl (C=O) groups excluding carboxylic acids is 2. The van der Waals surface area contributed by atoms with E-state index in [4.69, 9.17) is 21.7 Å². The first kappa shape index (κ1) is 21.8. The summed E-state index contributed by atoms with van der Waals surface area (Å²) in [5, 5.41) is 4.55. The Morgan fingerprint density at radius 3 is 2.42 bits per heavy atom.